The van der Waals surface area contributed by atoms with Crippen LogP contribution >= 0.6 is 0 Å². The Labute approximate surface area is 125 Å². The molecule has 0 fully saturated rings. The van der Waals surface area contributed by atoms with E-state index in [-0.39, 0.29) is 11.9 Å². The molecule has 0 aromatic heterocycles. The Balaban J connectivity index is 1.79. The van der Waals surface area contributed by atoms with E-state index in [1.165, 1.54) is 24.0 Å². The van der Waals surface area contributed by atoms with Crippen molar-refractivity contribution in [1.82, 2.24) is 5.32 Å². The number of esters is 1. The predicted octanol–water partition coefficient (Wildman–Crippen LogP) is 2.64. The molecule has 1 aromatic carbocycles. The van der Waals surface area contributed by atoms with Gasteiger partial charge in [-0.1, -0.05) is 6.07 Å². The van der Waals surface area contributed by atoms with E-state index in [1.54, 1.807) is 6.92 Å². The van der Waals surface area contributed by atoms with Crippen LogP contribution in [0.4, 0.5) is 0 Å². The van der Waals surface area contributed by atoms with Crippen LogP contribution in [0.5, 0.6) is 0 Å². The number of carbonyl (C=O) groups is 2. The Morgan fingerprint density at radius 1 is 1.19 bits per heavy atom. The number of amides is 1. The highest BCUT2D eigenvalue weighted by Crippen LogP contribution is 2.22. The molecule has 0 spiro atoms. The first kappa shape index (κ1) is 15.5. The third-order valence-corrected chi connectivity index (χ3v) is 3.76. The quantitative estimate of drug-likeness (QED) is 0.647. The number of hydrogen-bond acceptors (Lipinski definition) is 3. The topological polar surface area (TPSA) is 55.4 Å². The molecule has 1 N–H and O–H groups in total. The maximum absolute atomic E-state index is 12.1. The van der Waals surface area contributed by atoms with E-state index in [1.807, 2.05) is 12.1 Å². The van der Waals surface area contributed by atoms with E-state index in [2.05, 4.69) is 11.4 Å². The Morgan fingerprint density at radius 2 is 1.95 bits per heavy atom. The zero-order chi connectivity index (χ0) is 15.1. The Kier molecular flexibility index (Phi) is 5.78. The highest BCUT2D eigenvalue weighted by Gasteiger charge is 2.12. The SMILES string of the molecule is CCOC(=O)CCCNC(=O)c1ccc2c(c1)CCCC2. The van der Waals surface area contributed by atoms with Crippen molar-refractivity contribution in [2.24, 2.45) is 0 Å². The molecule has 0 heterocycles. The summed E-state index contributed by atoms with van der Waals surface area (Å²) in [5.74, 6) is -0.271. The first-order valence-electron chi connectivity index (χ1n) is 7.76. The van der Waals surface area contributed by atoms with Gasteiger partial charge in [0, 0.05) is 18.5 Å². The number of hydrogen-bond donors (Lipinski definition) is 1. The first-order chi connectivity index (χ1) is 10.2. The van der Waals surface area contributed by atoms with E-state index < -0.39 is 0 Å². The fraction of sp³-hybridized carbons (Fsp3) is 0.529. The van der Waals surface area contributed by atoms with Gasteiger partial charge in [0.2, 0.25) is 0 Å². The maximum Gasteiger partial charge on any atom is 0.305 e. The summed E-state index contributed by atoms with van der Waals surface area (Å²) in [5, 5.41) is 2.86. The maximum atomic E-state index is 12.1. The van der Waals surface area contributed by atoms with Gasteiger partial charge in [0.15, 0.2) is 0 Å². The van der Waals surface area contributed by atoms with Crippen LogP contribution < -0.4 is 5.32 Å². The van der Waals surface area contributed by atoms with Crippen LogP contribution in [-0.2, 0) is 22.4 Å². The zero-order valence-corrected chi connectivity index (χ0v) is 12.6. The lowest BCUT2D eigenvalue weighted by atomic mass is 9.90. The van der Waals surface area contributed by atoms with Crippen LogP contribution in [0.15, 0.2) is 18.2 Å². The summed E-state index contributed by atoms with van der Waals surface area (Å²) >= 11 is 0. The summed E-state index contributed by atoms with van der Waals surface area (Å²) < 4.78 is 4.84. The lowest BCUT2D eigenvalue weighted by Crippen LogP contribution is -2.25. The highest BCUT2D eigenvalue weighted by molar-refractivity contribution is 5.94. The van der Waals surface area contributed by atoms with Gasteiger partial charge in [-0.15, -0.1) is 0 Å². The molecular formula is C17H23NO3. The molecule has 1 aliphatic rings. The largest absolute Gasteiger partial charge is 0.466 e. The molecule has 0 aliphatic heterocycles. The standard InChI is InChI=1S/C17H23NO3/c1-2-21-16(19)8-5-11-18-17(20)15-10-9-13-6-3-4-7-14(13)12-15/h9-10,12H,2-8,11H2,1H3,(H,18,20). The number of ether oxygens (including phenoxy) is 1. The minimum absolute atomic E-state index is 0.0627. The molecule has 0 bridgehead atoms. The summed E-state index contributed by atoms with van der Waals surface area (Å²) in [6.45, 7) is 2.69. The number of rotatable bonds is 6. The van der Waals surface area contributed by atoms with Crippen LogP contribution in [0.1, 0.15) is 54.1 Å². The number of carbonyl (C=O) groups excluding carboxylic acids is 2. The van der Waals surface area contributed by atoms with Gasteiger partial charge >= 0.3 is 5.97 Å². The highest BCUT2D eigenvalue weighted by atomic mass is 16.5. The van der Waals surface area contributed by atoms with Crippen molar-refractivity contribution in [3.8, 4) is 0 Å². The van der Waals surface area contributed by atoms with E-state index in [0.29, 0.717) is 31.6 Å². The molecule has 4 nitrogen and oxygen atoms in total. The van der Waals surface area contributed by atoms with Gasteiger partial charge < -0.3 is 10.1 Å². The second-order valence-corrected chi connectivity index (χ2v) is 5.36. The monoisotopic (exact) mass is 289 g/mol. The van der Waals surface area contributed by atoms with Crippen molar-refractivity contribution in [3.05, 3.63) is 34.9 Å². The molecule has 0 unspecified atom stereocenters. The van der Waals surface area contributed by atoms with Crippen molar-refractivity contribution in [2.75, 3.05) is 13.2 Å². The number of fused-ring (bicyclic) bond motifs is 1. The van der Waals surface area contributed by atoms with Gasteiger partial charge in [0.1, 0.15) is 0 Å². The minimum Gasteiger partial charge on any atom is -0.466 e. The van der Waals surface area contributed by atoms with Crippen LogP contribution in [0, 0.1) is 0 Å². The normalized spacial score (nSPS) is 13.4. The minimum atomic E-state index is -0.208. The number of nitrogens with one attached hydrogen (secondary N) is 1. The van der Waals surface area contributed by atoms with E-state index in [4.69, 9.17) is 4.74 Å². The van der Waals surface area contributed by atoms with Crippen LogP contribution in [0.25, 0.3) is 0 Å². The number of benzene rings is 1. The van der Waals surface area contributed by atoms with Crippen molar-refractivity contribution in [2.45, 2.75) is 45.4 Å². The van der Waals surface area contributed by atoms with Crippen LogP contribution in [0.3, 0.4) is 0 Å². The smallest absolute Gasteiger partial charge is 0.305 e. The lowest BCUT2D eigenvalue weighted by molar-refractivity contribution is -0.143. The number of aryl methyl sites for hydroxylation is 2. The molecule has 0 saturated heterocycles. The van der Waals surface area contributed by atoms with Crippen LogP contribution in [0.2, 0.25) is 0 Å². The summed E-state index contributed by atoms with van der Waals surface area (Å²) in [5.41, 5.74) is 3.40. The van der Waals surface area contributed by atoms with Crippen molar-refractivity contribution in [1.29, 1.82) is 0 Å². The first-order valence-corrected chi connectivity index (χ1v) is 7.76. The molecule has 1 aliphatic carbocycles. The molecule has 1 aromatic rings. The van der Waals surface area contributed by atoms with Crippen molar-refractivity contribution >= 4 is 11.9 Å². The molecular weight excluding hydrogens is 266 g/mol. The third kappa shape index (κ3) is 4.59. The van der Waals surface area contributed by atoms with Gasteiger partial charge in [-0.2, -0.15) is 0 Å². The second kappa shape index (κ2) is 7.81. The molecule has 2 rings (SSSR count). The summed E-state index contributed by atoms with van der Waals surface area (Å²) in [4.78, 5) is 23.3. The second-order valence-electron chi connectivity index (χ2n) is 5.36. The molecule has 0 radical (unpaired) electrons. The molecule has 21 heavy (non-hydrogen) atoms. The predicted molar refractivity (Wildman–Crippen MR) is 81.3 cm³/mol. The fourth-order valence-electron chi connectivity index (χ4n) is 2.64. The van der Waals surface area contributed by atoms with Gasteiger partial charge in [0.25, 0.3) is 5.91 Å². The average Bonchev–Trinajstić information content (AvgIpc) is 2.51. The molecule has 0 atom stereocenters. The molecule has 0 saturated carbocycles. The summed E-state index contributed by atoms with van der Waals surface area (Å²) in [6.07, 6.45) is 5.59. The van der Waals surface area contributed by atoms with E-state index in [0.717, 1.165) is 12.8 Å². The van der Waals surface area contributed by atoms with Gasteiger partial charge in [-0.3, -0.25) is 9.59 Å². The average molecular weight is 289 g/mol. The van der Waals surface area contributed by atoms with Gasteiger partial charge in [0.05, 0.1) is 6.61 Å². The van der Waals surface area contributed by atoms with E-state index in [9.17, 15) is 9.59 Å². The van der Waals surface area contributed by atoms with Crippen molar-refractivity contribution < 1.29 is 14.3 Å². The van der Waals surface area contributed by atoms with Gasteiger partial charge in [-0.05, 0) is 62.3 Å². The van der Waals surface area contributed by atoms with Crippen LogP contribution in [-0.4, -0.2) is 25.0 Å². The third-order valence-electron chi connectivity index (χ3n) is 3.76. The Morgan fingerprint density at radius 3 is 2.71 bits per heavy atom. The zero-order valence-electron chi connectivity index (χ0n) is 12.6. The Bertz CT molecular complexity index is 511. The molecule has 1 amide bonds. The Hall–Kier alpha value is -1.84. The molecule has 114 valence electrons. The van der Waals surface area contributed by atoms with E-state index >= 15 is 0 Å². The fourth-order valence-corrected chi connectivity index (χ4v) is 2.64. The molecule has 4 heteroatoms. The van der Waals surface area contributed by atoms with Gasteiger partial charge in [-0.25, -0.2) is 0 Å². The summed E-state index contributed by atoms with van der Waals surface area (Å²) in [6, 6.07) is 5.97. The summed E-state index contributed by atoms with van der Waals surface area (Å²) in [7, 11) is 0. The lowest BCUT2D eigenvalue weighted by Gasteiger charge is -2.16. The van der Waals surface area contributed by atoms with Crippen molar-refractivity contribution in [3.63, 3.8) is 0 Å².